The SMILES string of the molecule is Cc1ccc2nc(-c3ccc(NC(=O)CCCc4ccccc4)cc3)sc2c1. The number of rotatable bonds is 6. The molecule has 0 saturated heterocycles. The van der Waals surface area contributed by atoms with E-state index in [1.807, 2.05) is 42.5 Å². The Hall–Kier alpha value is -2.98. The molecule has 4 heteroatoms. The van der Waals surface area contributed by atoms with Gasteiger partial charge in [0.2, 0.25) is 5.91 Å². The molecule has 0 bridgehead atoms. The number of amides is 1. The number of fused-ring (bicyclic) bond motifs is 1. The van der Waals surface area contributed by atoms with Gasteiger partial charge in [-0.25, -0.2) is 4.98 Å². The second-order valence-corrected chi connectivity index (χ2v) is 7.99. The Kier molecular flexibility index (Phi) is 5.49. The number of benzene rings is 3. The molecule has 1 aromatic heterocycles. The lowest BCUT2D eigenvalue weighted by Crippen LogP contribution is -2.11. The summed E-state index contributed by atoms with van der Waals surface area (Å²) in [5.74, 6) is 0.0548. The van der Waals surface area contributed by atoms with Crippen molar-refractivity contribution < 1.29 is 4.79 Å². The summed E-state index contributed by atoms with van der Waals surface area (Å²) >= 11 is 1.69. The topological polar surface area (TPSA) is 42.0 Å². The normalized spacial score (nSPS) is 10.9. The largest absolute Gasteiger partial charge is 0.326 e. The Morgan fingerprint density at radius 3 is 2.57 bits per heavy atom. The van der Waals surface area contributed by atoms with Crippen LogP contribution in [0.2, 0.25) is 0 Å². The van der Waals surface area contributed by atoms with E-state index in [1.165, 1.54) is 15.8 Å². The first-order chi connectivity index (χ1) is 13.7. The van der Waals surface area contributed by atoms with Crippen LogP contribution in [0.1, 0.15) is 24.0 Å². The van der Waals surface area contributed by atoms with Crippen molar-refractivity contribution in [2.75, 3.05) is 5.32 Å². The van der Waals surface area contributed by atoms with Gasteiger partial charge in [-0.3, -0.25) is 4.79 Å². The highest BCUT2D eigenvalue weighted by Crippen LogP contribution is 2.31. The van der Waals surface area contributed by atoms with Gasteiger partial charge >= 0.3 is 0 Å². The number of anilines is 1. The van der Waals surface area contributed by atoms with Crippen LogP contribution in [0.15, 0.2) is 72.8 Å². The molecule has 1 heterocycles. The summed E-state index contributed by atoms with van der Waals surface area (Å²) in [5.41, 5.74) is 5.44. The second-order valence-electron chi connectivity index (χ2n) is 6.95. The van der Waals surface area contributed by atoms with E-state index in [1.54, 1.807) is 11.3 Å². The van der Waals surface area contributed by atoms with Crippen molar-refractivity contribution in [1.82, 2.24) is 4.98 Å². The van der Waals surface area contributed by atoms with Crippen LogP contribution in [-0.2, 0) is 11.2 Å². The average Bonchev–Trinajstić information content (AvgIpc) is 3.12. The van der Waals surface area contributed by atoms with Crippen LogP contribution in [-0.4, -0.2) is 10.9 Å². The highest BCUT2D eigenvalue weighted by molar-refractivity contribution is 7.21. The van der Waals surface area contributed by atoms with E-state index in [-0.39, 0.29) is 5.91 Å². The van der Waals surface area contributed by atoms with Crippen molar-refractivity contribution in [3.8, 4) is 10.6 Å². The number of aromatic nitrogens is 1. The predicted octanol–water partition coefficient (Wildman–Crippen LogP) is 6.23. The first-order valence-corrected chi connectivity index (χ1v) is 10.3. The lowest BCUT2D eigenvalue weighted by molar-refractivity contribution is -0.116. The molecule has 28 heavy (non-hydrogen) atoms. The first kappa shape index (κ1) is 18.4. The molecular formula is C24H22N2OS. The van der Waals surface area contributed by atoms with Crippen LogP contribution in [0.3, 0.4) is 0 Å². The summed E-state index contributed by atoms with van der Waals surface area (Å²) < 4.78 is 1.20. The molecule has 0 radical (unpaired) electrons. The highest BCUT2D eigenvalue weighted by atomic mass is 32.1. The molecule has 1 amide bonds. The van der Waals surface area contributed by atoms with Crippen LogP contribution < -0.4 is 5.32 Å². The van der Waals surface area contributed by atoms with Crippen LogP contribution in [0, 0.1) is 6.92 Å². The zero-order chi connectivity index (χ0) is 19.3. The summed E-state index contributed by atoms with van der Waals surface area (Å²) in [5, 5.41) is 3.99. The summed E-state index contributed by atoms with van der Waals surface area (Å²) in [6.45, 7) is 2.09. The third-order valence-electron chi connectivity index (χ3n) is 4.67. The molecule has 0 fully saturated rings. The molecule has 0 saturated carbocycles. The third kappa shape index (κ3) is 4.46. The molecule has 0 aliphatic heterocycles. The van der Waals surface area contributed by atoms with E-state index >= 15 is 0 Å². The smallest absolute Gasteiger partial charge is 0.224 e. The van der Waals surface area contributed by atoms with Crippen LogP contribution in [0.4, 0.5) is 5.69 Å². The summed E-state index contributed by atoms with van der Waals surface area (Å²) in [7, 11) is 0. The lowest BCUT2D eigenvalue weighted by atomic mass is 10.1. The number of carbonyl (C=O) groups excluding carboxylic acids is 1. The van der Waals surface area contributed by atoms with Gasteiger partial charge in [0.25, 0.3) is 0 Å². The zero-order valence-electron chi connectivity index (χ0n) is 15.8. The number of aryl methyl sites for hydroxylation is 2. The molecule has 0 aliphatic rings. The van der Waals surface area contributed by atoms with Gasteiger partial charge in [-0.2, -0.15) is 0 Å². The van der Waals surface area contributed by atoms with Crippen molar-refractivity contribution in [1.29, 1.82) is 0 Å². The Labute approximate surface area is 169 Å². The molecule has 3 nitrogen and oxygen atoms in total. The van der Waals surface area contributed by atoms with Crippen molar-refractivity contribution in [2.24, 2.45) is 0 Å². The van der Waals surface area contributed by atoms with Crippen molar-refractivity contribution in [3.63, 3.8) is 0 Å². The molecule has 0 atom stereocenters. The number of hydrogen-bond donors (Lipinski definition) is 1. The predicted molar refractivity (Wildman–Crippen MR) is 118 cm³/mol. The van der Waals surface area contributed by atoms with Crippen molar-refractivity contribution >= 4 is 33.1 Å². The summed E-state index contributed by atoms with van der Waals surface area (Å²) in [6.07, 6.45) is 2.29. The minimum atomic E-state index is 0.0548. The Balaban J connectivity index is 1.35. The van der Waals surface area contributed by atoms with E-state index in [4.69, 9.17) is 4.98 Å². The van der Waals surface area contributed by atoms with E-state index in [2.05, 4.69) is 42.6 Å². The fourth-order valence-electron chi connectivity index (χ4n) is 3.17. The maximum absolute atomic E-state index is 12.2. The quantitative estimate of drug-likeness (QED) is 0.426. The fourth-order valence-corrected chi connectivity index (χ4v) is 4.24. The average molecular weight is 387 g/mol. The van der Waals surface area contributed by atoms with Crippen LogP contribution in [0.25, 0.3) is 20.8 Å². The van der Waals surface area contributed by atoms with E-state index in [9.17, 15) is 4.79 Å². The van der Waals surface area contributed by atoms with Gasteiger partial charge in [-0.15, -0.1) is 11.3 Å². The molecule has 140 valence electrons. The van der Waals surface area contributed by atoms with Gasteiger partial charge in [-0.1, -0.05) is 36.4 Å². The standard InChI is InChI=1S/C24H22N2OS/c1-17-10-15-21-22(16-17)28-24(26-21)19-11-13-20(14-12-19)25-23(27)9-5-8-18-6-3-2-4-7-18/h2-4,6-7,10-16H,5,8-9H2,1H3,(H,25,27). The maximum Gasteiger partial charge on any atom is 0.224 e. The zero-order valence-corrected chi connectivity index (χ0v) is 16.6. The van der Waals surface area contributed by atoms with E-state index in [0.717, 1.165) is 34.6 Å². The molecular weight excluding hydrogens is 364 g/mol. The molecule has 1 N–H and O–H groups in total. The maximum atomic E-state index is 12.2. The number of hydrogen-bond acceptors (Lipinski definition) is 3. The third-order valence-corrected chi connectivity index (χ3v) is 5.74. The molecule has 0 aliphatic carbocycles. The Bertz CT molecular complexity index is 1080. The van der Waals surface area contributed by atoms with E-state index in [0.29, 0.717) is 6.42 Å². The number of thiazole rings is 1. The number of carbonyl (C=O) groups is 1. The molecule has 4 rings (SSSR count). The lowest BCUT2D eigenvalue weighted by Gasteiger charge is -2.06. The number of nitrogens with one attached hydrogen (secondary N) is 1. The minimum absolute atomic E-state index is 0.0548. The van der Waals surface area contributed by atoms with Gasteiger partial charge < -0.3 is 5.32 Å². The molecule has 0 unspecified atom stereocenters. The number of nitrogens with zero attached hydrogens (tertiary/aromatic N) is 1. The molecule has 0 spiro atoms. The van der Waals surface area contributed by atoms with Gasteiger partial charge in [0.05, 0.1) is 10.2 Å². The Morgan fingerprint density at radius 1 is 1.00 bits per heavy atom. The second kappa shape index (κ2) is 8.36. The van der Waals surface area contributed by atoms with Crippen LogP contribution in [0.5, 0.6) is 0 Å². The van der Waals surface area contributed by atoms with E-state index < -0.39 is 0 Å². The summed E-state index contributed by atoms with van der Waals surface area (Å²) in [6, 6.07) is 24.5. The van der Waals surface area contributed by atoms with Gasteiger partial charge in [0, 0.05) is 17.7 Å². The highest BCUT2D eigenvalue weighted by Gasteiger charge is 2.08. The minimum Gasteiger partial charge on any atom is -0.326 e. The van der Waals surface area contributed by atoms with Crippen molar-refractivity contribution in [3.05, 3.63) is 83.9 Å². The van der Waals surface area contributed by atoms with Crippen molar-refractivity contribution in [2.45, 2.75) is 26.2 Å². The fraction of sp³-hybridized carbons (Fsp3) is 0.167. The summed E-state index contributed by atoms with van der Waals surface area (Å²) in [4.78, 5) is 16.9. The molecule has 4 aromatic rings. The van der Waals surface area contributed by atoms with Gasteiger partial charge in [0.1, 0.15) is 5.01 Å². The van der Waals surface area contributed by atoms with Gasteiger partial charge in [0.15, 0.2) is 0 Å². The molecule has 3 aromatic carbocycles. The van der Waals surface area contributed by atoms with Gasteiger partial charge in [-0.05, 0) is 67.3 Å². The van der Waals surface area contributed by atoms with Crippen LogP contribution >= 0.6 is 11.3 Å². The monoisotopic (exact) mass is 386 g/mol. The first-order valence-electron chi connectivity index (χ1n) is 9.49. The Morgan fingerprint density at radius 2 is 1.79 bits per heavy atom.